The lowest BCUT2D eigenvalue weighted by Gasteiger charge is -2.11. The van der Waals surface area contributed by atoms with Crippen molar-refractivity contribution >= 4 is 11.6 Å². The highest BCUT2D eigenvalue weighted by Gasteiger charge is 1.98. The third-order valence-electron chi connectivity index (χ3n) is 2.66. The largest absolute Gasteiger partial charge is 0.370 e. The van der Waals surface area contributed by atoms with Gasteiger partial charge in [0.25, 0.3) is 0 Å². The number of hydrogen-bond acceptors (Lipinski definition) is 6. The van der Waals surface area contributed by atoms with Gasteiger partial charge in [-0.05, 0) is 47.1 Å². The first-order valence-electron chi connectivity index (χ1n) is 6.81. The van der Waals surface area contributed by atoms with Gasteiger partial charge in [0, 0.05) is 19.2 Å². The molecule has 0 amide bonds. The monoisotopic (exact) mass is 266 g/mol. The maximum absolute atomic E-state index is 4.21. The Morgan fingerprint density at radius 3 is 2.21 bits per heavy atom. The topological polar surface area (TPSA) is 65.1 Å². The van der Waals surface area contributed by atoms with Gasteiger partial charge in [0.15, 0.2) is 0 Å². The molecule has 0 aliphatic heterocycles. The predicted octanol–water partition coefficient (Wildman–Crippen LogP) is 0.862. The first-order valence-corrected chi connectivity index (χ1v) is 6.81. The van der Waals surface area contributed by atoms with Gasteiger partial charge in [-0.3, -0.25) is 0 Å². The molecular formula is C13H26N6. The van der Waals surface area contributed by atoms with Crippen LogP contribution < -0.4 is 16.0 Å². The normalized spacial score (nSPS) is 10.7. The van der Waals surface area contributed by atoms with Crippen molar-refractivity contribution in [3.05, 3.63) is 12.4 Å². The summed E-state index contributed by atoms with van der Waals surface area (Å²) in [5, 5.41) is 9.72. The SMILES string of the molecule is CNCCCNc1cc(NCCCN(C)C)ncn1. The fourth-order valence-corrected chi connectivity index (χ4v) is 1.64. The molecular weight excluding hydrogens is 240 g/mol. The molecule has 0 aliphatic rings. The summed E-state index contributed by atoms with van der Waals surface area (Å²) in [5.74, 6) is 1.76. The molecule has 1 aromatic rings. The number of nitrogens with one attached hydrogen (secondary N) is 3. The van der Waals surface area contributed by atoms with Crippen LogP contribution in [0.4, 0.5) is 11.6 Å². The summed E-state index contributed by atoms with van der Waals surface area (Å²) < 4.78 is 0. The second kappa shape index (κ2) is 9.52. The molecule has 0 fully saturated rings. The summed E-state index contributed by atoms with van der Waals surface area (Å²) in [6.45, 7) is 3.92. The van der Waals surface area contributed by atoms with E-state index in [1.54, 1.807) is 6.33 Å². The van der Waals surface area contributed by atoms with Gasteiger partial charge in [-0.15, -0.1) is 0 Å². The Morgan fingerprint density at radius 1 is 1.00 bits per heavy atom. The van der Waals surface area contributed by atoms with Crippen molar-refractivity contribution in [2.75, 3.05) is 58.0 Å². The number of nitrogens with zero attached hydrogens (tertiary/aromatic N) is 3. The number of hydrogen-bond donors (Lipinski definition) is 3. The van der Waals surface area contributed by atoms with Crippen molar-refractivity contribution in [2.24, 2.45) is 0 Å². The fourth-order valence-electron chi connectivity index (χ4n) is 1.64. The van der Waals surface area contributed by atoms with Crippen LogP contribution in [0.1, 0.15) is 12.8 Å². The Hall–Kier alpha value is -1.40. The van der Waals surface area contributed by atoms with Crippen molar-refractivity contribution < 1.29 is 0 Å². The minimum Gasteiger partial charge on any atom is -0.370 e. The van der Waals surface area contributed by atoms with Gasteiger partial charge in [0.2, 0.25) is 0 Å². The van der Waals surface area contributed by atoms with Gasteiger partial charge in [-0.2, -0.15) is 0 Å². The van der Waals surface area contributed by atoms with Crippen LogP contribution >= 0.6 is 0 Å². The molecule has 1 rings (SSSR count). The van der Waals surface area contributed by atoms with Crippen molar-refractivity contribution in [3.63, 3.8) is 0 Å². The molecule has 0 bridgehead atoms. The zero-order valence-corrected chi connectivity index (χ0v) is 12.2. The van der Waals surface area contributed by atoms with Crippen molar-refractivity contribution in [3.8, 4) is 0 Å². The zero-order valence-electron chi connectivity index (χ0n) is 12.2. The van der Waals surface area contributed by atoms with E-state index in [-0.39, 0.29) is 0 Å². The lowest BCUT2D eigenvalue weighted by atomic mass is 10.4. The Kier molecular flexibility index (Phi) is 7.84. The van der Waals surface area contributed by atoms with Gasteiger partial charge in [-0.1, -0.05) is 0 Å². The average Bonchev–Trinajstić information content (AvgIpc) is 2.40. The van der Waals surface area contributed by atoms with E-state index in [9.17, 15) is 0 Å². The Labute approximate surface area is 116 Å². The smallest absolute Gasteiger partial charge is 0.131 e. The van der Waals surface area contributed by atoms with Crippen LogP contribution in [0, 0.1) is 0 Å². The predicted molar refractivity (Wildman–Crippen MR) is 80.7 cm³/mol. The number of aromatic nitrogens is 2. The van der Waals surface area contributed by atoms with Crippen molar-refractivity contribution in [1.82, 2.24) is 20.2 Å². The summed E-state index contributed by atoms with van der Waals surface area (Å²) in [7, 11) is 6.12. The van der Waals surface area contributed by atoms with E-state index in [0.29, 0.717) is 0 Å². The summed E-state index contributed by atoms with van der Waals surface area (Å²) in [4.78, 5) is 10.6. The zero-order chi connectivity index (χ0) is 13.9. The Morgan fingerprint density at radius 2 is 1.63 bits per heavy atom. The highest BCUT2D eigenvalue weighted by Crippen LogP contribution is 2.08. The summed E-state index contributed by atoms with van der Waals surface area (Å²) in [6, 6.07) is 1.95. The first kappa shape index (κ1) is 15.7. The molecule has 3 N–H and O–H groups in total. The van der Waals surface area contributed by atoms with E-state index < -0.39 is 0 Å². The highest BCUT2D eigenvalue weighted by atomic mass is 15.1. The highest BCUT2D eigenvalue weighted by molar-refractivity contribution is 5.46. The number of anilines is 2. The Bertz CT molecular complexity index is 342. The van der Waals surface area contributed by atoms with Crippen molar-refractivity contribution in [2.45, 2.75) is 12.8 Å². The third-order valence-corrected chi connectivity index (χ3v) is 2.66. The third kappa shape index (κ3) is 7.58. The molecule has 0 aromatic carbocycles. The molecule has 1 aromatic heterocycles. The maximum atomic E-state index is 4.21. The molecule has 0 saturated carbocycles. The molecule has 6 nitrogen and oxygen atoms in total. The molecule has 0 aliphatic carbocycles. The van der Waals surface area contributed by atoms with Gasteiger partial charge in [0.05, 0.1) is 0 Å². The molecule has 0 unspecified atom stereocenters. The second-order valence-corrected chi connectivity index (χ2v) is 4.76. The van der Waals surface area contributed by atoms with Crippen LogP contribution in [-0.4, -0.2) is 62.2 Å². The Balaban J connectivity index is 2.27. The number of rotatable bonds is 10. The molecule has 0 spiro atoms. The lowest BCUT2D eigenvalue weighted by molar-refractivity contribution is 0.405. The second-order valence-electron chi connectivity index (χ2n) is 4.76. The van der Waals surface area contributed by atoms with Crippen LogP contribution in [0.2, 0.25) is 0 Å². The average molecular weight is 266 g/mol. The van der Waals surface area contributed by atoms with Gasteiger partial charge < -0.3 is 20.9 Å². The van der Waals surface area contributed by atoms with E-state index in [1.807, 2.05) is 13.1 Å². The standard InChI is InChI=1S/C13H26N6/c1-14-6-4-7-15-12-10-13(18-11-17-12)16-8-5-9-19(2)3/h10-11,14H,4-9H2,1-3H3,(H2,15,16,17,18). The van der Waals surface area contributed by atoms with Gasteiger partial charge in [0.1, 0.15) is 18.0 Å². The van der Waals surface area contributed by atoms with E-state index in [4.69, 9.17) is 0 Å². The molecule has 1 heterocycles. The van der Waals surface area contributed by atoms with Crippen LogP contribution in [0.5, 0.6) is 0 Å². The molecule has 6 heteroatoms. The molecule has 19 heavy (non-hydrogen) atoms. The summed E-state index contributed by atoms with van der Waals surface area (Å²) >= 11 is 0. The van der Waals surface area contributed by atoms with Crippen molar-refractivity contribution in [1.29, 1.82) is 0 Å². The van der Waals surface area contributed by atoms with Gasteiger partial charge in [-0.25, -0.2) is 9.97 Å². The quantitative estimate of drug-likeness (QED) is 0.546. The fraction of sp³-hybridized carbons (Fsp3) is 0.692. The minimum atomic E-state index is 0.876. The first-order chi connectivity index (χ1) is 9.22. The molecule has 108 valence electrons. The lowest BCUT2D eigenvalue weighted by Crippen LogP contribution is -2.17. The molecule has 0 atom stereocenters. The molecule has 0 radical (unpaired) electrons. The summed E-state index contributed by atoms with van der Waals surface area (Å²) in [5.41, 5.74) is 0. The van der Waals surface area contributed by atoms with Crippen LogP contribution in [0.25, 0.3) is 0 Å². The van der Waals surface area contributed by atoms with Gasteiger partial charge >= 0.3 is 0 Å². The maximum Gasteiger partial charge on any atom is 0.131 e. The van der Waals surface area contributed by atoms with Crippen LogP contribution in [0.3, 0.4) is 0 Å². The molecule has 0 saturated heterocycles. The van der Waals surface area contributed by atoms with E-state index in [0.717, 1.165) is 50.7 Å². The summed E-state index contributed by atoms with van der Waals surface area (Å²) in [6.07, 6.45) is 3.77. The van der Waals surface area contributed by atoms with Crippen LogP contribution in [-0.2, 0) is 0 Å². The van der Waals surface area contributed by atoms with E-state index in [2.05, 4.69) is 44.9 Å². The van der Waals surface area contributed by atoms with E-state index in [1.165, 1.54) is 0 Å². The van der Waals surface area contributed by atoms with Crippen LogP contribution in [0.15, 0.2) is 12.4 Å². The van der Waals surface area contributed by atoms with E-state index >= 15 is 0 Å². The minimum absolute atomic E-state index is 0.876.